The highest BCUT2D eigenvalue weighted by molar-refractivity contribution is 5.80. The van der Waals surface area contributed by atoms with Crippen molar-refractivity contribution >= 4 is 17.1 Å². The molecule has 0 radical (unpaired) electrons. The van der Waals surface area contributed by atoms with Gasteiger partial charge in [0.1, 0.15) is 5.54 Å². The summed E-state index contributed by atoms with van der Waals surface area (Å²) in [6, 6.07) is 0. The molecule has 2 aromatic rings. The Hall–Kier alpha value is -2.38. The number of imidazole rings is 1. The van der Waals surface area contributed by atoms with Crippen LogP contribution in [0.15, 0.2) is 15.9 Å². The predicted molar refractivity (Wildman–Crippen MR) is 76.4 cm³/mol. The molecule has 114 valence electrons. The normalized spacial score (nSPS) is 12.2. The van der Waals surface area contributed by atoms with Crippen LogP contribution in [0.1, 0.15) is 27.7 Å². The Morgan fingerprint density at radius 1 is 1.43 bits per heavy atom. The van der Waals surface area contributed by atoms with Gasteiger partial charge in [-0.25, -0.2) is 14.6 Å². The van der Waals surface area contributed by atoms with Gasteiger partial charge in [-0.15, -0.1) is 0 Å². The quantitative estimate of drug-likeness (QED) is 0.846. The molecule has 0 amide bonds. The summed E-state index contributed by atoms with van der Waals surface area (Å²) in [5.41, 5.74) is -2.24. The van der Waals surface area contributed by atoms with E-state index in [4.69, 9.17) is 0 Å². The molecular formula is C13H18N4O4. The van der Waals surface area contributed by atoms with Crippen LogP contribution in [0.3, 0.4) is 0 Å². The van der Waals surface area contributed by atoms with Crippen molar-refractivity contribution in [2.75, 3.05) is 0 Å². The molecule has 2 N–H and O–H groups in total. The third kappa shape index (κ3) is 2.37. The molecule has 8 nitrogen and oxygen atoms in total. The van der Waals surface area contributed by atoms with Crippen LogP contribution in [0.4, 0.5) is 0 Å². The molecule has 0 aliphatic heterocycles. The molecule has 0 bridgehead atoms. The first-order valence-electron chi connectivity index (χ1n) is 6.60. The zero-order valence-corrected chi connectivity index (χ0v) is 12.4. The molecule has 8 heteroatoms. The van der Waals surface area contributed by atoms with E-state index in [0.29, 0.717) is 6.54 Å². The van der Waals surface area contributed by atoms with Crippen molar-refractivity contribution in [1.82, 2.24) is 19.1 Å². The number of carboxylic acid groups (broad SMARTS) is 1. The van der Waals surface area contributed by atoms with Gasteiger partial charge in [-0.05, 0) is 19.8 Å². The molecule has 2 heterocycles. The monoisotopic (exact) mass is 294 g/mol. The van der Waals surface area contributed by atoms with Crippen molar-refractivity contribution in [3.8, 4) is 0 Å². The number of carboxylic acids is 1. The van der Waals surface area contributed by atoms with Crippen LogP contribution in [0.2, 0.25) is 0 Å². The van der Waals surface area contributed by atoms with Gasteiger partial charge in [-0.2, -0.15) is 0 Å². The lowest BCUT2D eigenvalue weighted by atomic mass is 10.1. The first-order chi connectivity index (χ1) is 9.66. The number of aliphatic carboxylic acids is 1. The molecule has 0 fully saturated rings. The van der Waals surface area contributed by atoms with E-state index in [0.717, 1.165) is 0 Å². The highest BCUT2D eigenvalue weighted by Crippen LogP contribution is 2.20. The Bertz CT molecular complexity index is 810. The molecule has 0 atom stereocenters. The van der Waals surface area contributed by atoms with E-state index in [9.17, 15) is 19.5 Å². The molecule has 0 aliphatic rings. The van der Waals surface area contributed by atoms with Crippen molar-refractivity contribution in [2.45, 2.75) is 39.8 Å². The third-order valence-electron chi connectivity index (χ3n) is 3.36. The Balaban J connectivity index is 2.84. The number of fused-ring (bicyclic) bond motifs is 1. The maximum Gasteiger partial charge on any atom is 0.330 e. The van der Waals surface area contributed by atoms with Gasteiger partial charge in [0.05, 0.1) is 6.33 Å². The lowest BCUT2D eigenvalue weighted by Gasteiger charge is -2.21. The van der Waals surface area contributed by atoms with Crippen LogP contribution >= 0.6 is 0 Å². The maximum absolute atomic E-state index is 12.1. The SMILES string of the molecule is CC(C)Cn1c(=O)[nH]c(=O)c2c1ncn2C(C)(C)C(=O)O. The summed E-state index contributed by atoms with van der Waals surface area (Å²) in [6.07, 6.45) is 1.28. The molecule has 0 saturated heterocycles. The average Bonchev–Trinajstić information content (AvgIpc) is 2.79. The Morgan fingerprint density at radius 3 is 2.57 bits per heavy atom. The van der Waals surface area contributed by atoms with Crippen LogP contribution in [0.5, 0.6) is 0 Å². The lowest BCUT2D eigenvalue weighted by molar-refractivity contribution is -0.145. The maximum atomic E-state index is 12.1. The Labute approximate surface area is 120 Å². The van der Waals surface area contributed by atoms with Gasteiger partial charge in [0.25, 0.3) is 5.56 Å². The van der Waals surface area contributed by atoms with E-state index >= 15 is 0 Å². The summed E-state index contributed by atoms with van der Waals surface area (Å²) in [7, 11) is 0. The molecule has 2 rings (SSSR count). The predicted octanol–water partition coefficient (Wildman–Crippen LogP) is 0.362. The van der Waals surface area contributed by atoms with Crippen LogP contribution in [0, 0.1) is 5.92 Å². The third-order valence-corrected chi connectivity index (χ3v) is 3.36. The fourth-order valence-electron chi connectivity index (χ4n) is 2.13. The van der Waals surface area contributed by atoms with Crippen molar-refractivity contribution in [3.63, 3.8) is 0 Å². The van der Waals surface area contributed by atoms with E-state index in [1.54, 1.807) is 0 Å². The molecular weight excluding hydrogens is 276 g/mol. The zero-order valence-electron chi connectivity index (χ0n) is 12.4. The number of aromatic nitrogens is 4. The van der Waals surface area contributed by atoms with Gasteiger partial charge >= 0.3 is 11.7 Å². The lowest BCUT2D eigenvalue weighted by Crippen LogP contribution is -2.38. The summed E-state index contributed by atoms with van der Waals surface area (Å²) in [5.74, 6) is -0.919. The van der Waals surface area contributed by atoms with Crippen molar-refractivity contribution in [2.24, 2.45) is 5.92 Å². The molecule has 0 unspecified atom stereocenters. The standard InChI is InChI=1S/C13H18N4O4/c1-7(2)5-16-9-8(10(18)15-12(16)21)17(6-14-9)13(3,4)11(19)20/h6-7H,5H2,1-4H3,(H,19,20)(H,15,18,21). The highest BCUT2D eigenvalue weighted by Gasteiger charge is 2.32. The van der Waals surface area contributed by atoms with Gasteiger partial charge < -0.3 is 9.67 Å². The minimum Gasteiger partial charge on any atom is -0.480 e. The van der Waals surface area contributed by atoms with Gasteiger partial charge in [0.2, 0.25) is 0 Å². The number of nitrogens with zero attached hydrogens (tertiary/aromatic N) is 3. The first kappa shape index (κ1) is 15.0. The van der Waals surface area contributed by atoms with E-state index < -0.39 is 22.8 Å². The molecule has 0 saturated carbocycles. The van der Waals surface area contributed by atoms with Crippen LogP contribution in [-0.4, -0.2) is 30.2 Å². The summed E-state index contributed by atoms with van der Waals surface area (Å²) >= 11 is 0. The van der Waals surface area contributed by atoms with Gasteiger partial charge in [0.15, 0.2) is 11.2 Å². The average molecular weight is 294 g/mol. The summed E-state index contributed by atoms with van der Waals surface area (Å²) in [4.78, 5) is 41.7. The minimum absolute atomic E-state index is 0.0858. The smallest absolute Gasteiger partial charge is 0.330 e. The molecule has 2 aromatic heterocycles. The highest BCUT2D eigenvalue weighted by atomic mass is 16.4. The summed E-state index contributed by atoms with van der Waals surface area (Å²) < 4.78 is 2.63. The van der Waals surface area contributed by atoms with Crippen LogP contribution < -0.4 is 11.2 Å². The van der Waals surface area contributed by atoms with Crippen LogP contribution in [-0.2, 0) is 16.9 Å². The van der Waals surface area contributed by atoms with E-state index in [1.807, 2.05) is 13.8 Å². The second-order valence-corrected chi connectivity index (χ2v) is 5.91. The molecule has 0 spiro atoms. The number of H-pyrrole nitrogens is 1. The Morgan fingerprint density at radius 2 is 2.05 bits per heavy atom. The van der Waals surface area contributed by atoms with Gasteiger partial charge in [-0.1, -0.05) is 13.8 Å². The van der Waals surface area contributed by atoms with E-state index in [-0.39, 0.29) is 17.1 Å². The van der Waals surface area contributed by atoms with Gasteiger partial charge in [0, 0.05) is 6.54 Å². The van der Waals surface area contributed by atoms with E-state index in [1.165, 1.54) is 29.3 Å². The van der Waals surface area contributed by atoms with Gasteiger partial charge in [-0.3, -0.25) is 14.3 Å². The second-order valence-electron chi connectivity index (χ2n) is 5.91. The number of rotatable bonds is 4. The number of carbonyl (C=O) groups is 1. The largest absolute Gasteiger partial charge is 0.480 e. The first-order valence-corrected chi connectivity index (χ1v) is 6.60. The number of hydrogen-bond acceptors (Lipinski definition) is 4. The zero-order chi connectivity index (χ0) is 15.9. The molecule has 0 aromatic carbocycles. The topological polar surface area (TPSA) is 110 Å². The summed E-state index contributed by atoms with van der Waals surface area (Å²) in [5, 5.41) is 9.30. The molecule has 21 heavy (non-hydrogen) atoms. The fourth-order valence-corrected chi connectivity index (χ4v) is 2.13. The van der Waals surface area contributed by atoms with E-state index in [2.05, 4.69) is 9.97 Å². The van der Waals surface area contributed by atoms with Crippen LogP contribution in [0.25, 0.3) is 11.2 Å². The number of nitrogens with one attached hydrogen (secondary N) is 1. The molecule has 0 aliphatic carbocycles. The second kappa shape index (κ2) is 4.87. The fraction of sp³-hybridized carbons (Fsp3) is 0.538. The minimum atomic E-state index is -1.35. The number of aromatic amines is 1. The van der Waals surface area contributed by atoms with Crippen molar-refractivity contribution in [3.05, 3.63) is 27.2 Å². The number of hydrogen-bond donors (Lipinski definition) is 2. The summed E-state index contributed by atoms with van der Waals surface area (Å²) in [6.45, 7) is 7.18. The van der Waals surface area contributed by atoms with Crippen molar-refractivity contribution in [1.29, 1.82) is 0 Å². The van der Waals surface area contributed by atoms with Crippen molar-refractivity contribution < 1.29 is 9.90 Å². The Kier molecular flexibility index (Phi) is 3.48.